The van der Waals surface area contributed by atoms with E-state index in [0.29, 0.717) is 10.0 Å². The standard InChI is InChI=1S/C23H28Cl2N2/c1-18(2)23(17-26,20-10-11-21(24)22(25)16-20)13-7-14-27(3)15-12-19-8-5-4-6-9-19/h4-6,8-11,16,18H,7,12-15H2,1-3H3. The van der Waals surface area contributed by atoms with Gasteiger partial charge in [-0.2, -0.15) is 5.26 Å². The van der Waals surface area contributed by atoms with Gasteiger partial charge in [-0.25, -0.2) is 0 Å². The molecular weight excluding hydrogens is 375 g/mol. The van der Waals surface area contributed by atoms with Crippen molar-refractivity contribution in [2.45, 2.75) is 38.5 Å². The van der Waals surface area contributed by atoms with Crippen LogP contribution in [0.4, 0.5) is 0 Å². The van der Waals surface area contributed by atoms with Gasteiger partial charge in [0.15, 0.2) is 0 Å². The van der Waals surface area contributed by atoms with Crippen LogP contribution in [0.5, 0.6) is 0 Å². The summed E-state index contributed by atoms with van der Waals surface area (Å²) in [7, 11) is 2.14. The summed E-state index contributed by atoms with van der Waals surface area (Å²) in [6.07, 6.45) is 2.80. The van der Waals surface area contributed by atoms with E-state index in [2.05, 4.69) is 56.1 Å². The first-order valence-electron chi connectivity index (χ1n) is 9.48. The minimum Gasteiger partial charge on any atom is -0.306 e. The van der Waals surface area contributed by atoms with Gasteiger partial charge in [0.2, 0.25) is 0 Å². The molecule has 144 valence electrons. The van der Waals surface area contributed by atoms with Crippen LogP contribution in [0.15, 0.2) is 48.5 Å². The van der Waals surface area contributed by atoms with Crippen molar-refractivity contribution in [3.8, 4) is 6.07 Å². The Bertz CT molecular complexity index is 768. The van der Waals surface area contributed by atoms with Gasteiger partial charge in [-0.05, 0) is 62.0 Å². The predicted molar refractivity (Wildman–Crippen MR) is 115 cm³/mol. The Morgan fingerprint density at radius 3 is 2.33 bits per heavy atom. The second-order valence-corrected chi connectivity index (χ2v) is 8.32. The van der Waals surface area contributed by atoms with Crippen molar-refractivity contribution in [2.24, 2.45) is 5.92 Å². The Hall–Kier alpha value is -1.53. The Morgan fingerprint density at radius 1 is 1.04 bits per heavy atom. The van der Waals surface area contributed by atoms with Crippen molar-refractivity contribution in [1.82, 2.24) is 4.90 Å². The van der Waals surface area contributed by atoms with Crippen molar-refractivity contribution in [3.63, 3.8) is 0 Å². The highest BCUT2D eigenvalue weighted by molar-refractivity contribution is 6.42. The molecule has 0 aliphatic heterocycles. The van der Waals surface area contributed by atoms with E-state index in [1.165, 1.54) is 5.56 Å². The average molecular weight is 403 g/mol. The molecule has 1 atom stereocenters. The van der Waals surface area contributed by atoms with E-state index in [-0.39, 0.29) is 5.92 Å². The van der Waals surface area contributed by atoms with Crippen LogP contribution < -0.4 is 0 Å². The number of nitriles is 1. The lowest BCUT2D eigenvalue weighted by atomic mass is 9.70. The number of hydrogen-bond donors (Lipinski definition) is 0. The second kappa shape index (κ2) is 10.1. The molecule has 0 saturated heterocycles. The zero-order chi connectivity index (χ0) is 19.9. The molecule has 2 rings (SSSR count). The molecule has 0 spiro atoms. The molecule has 0 aliphatic carbocycles. The molecule has 27 heavy (non-hydrogen) atoms. The number of nitrogens with zero attached hydrogens (tertiary/aromatic N) is 2. The summed E-state index contributed by atoms with van der Waals surface area (Å²) in [5, 5.41) is 11.1. The van der Waals surface area contributed by atoms with Crippen LogP contribution in [0.3, 0.4) is 0 Å². The van der Waals surface area contributed by atoms with Gasteiger partial charge in [0, 0.05) is 6.54 Å². The molecule has 2 aromatic carbocycles. The third-order valence-corrected chi connectivity index (χ3v) is 6.09. The molecule has 0 aliphatic rings. The highest BCUT2D eigenvalue weighted by Gasteiger charge is 2.36. The average Bonchev–Trinajstić information content (AvgIpc) is 2.66. The first kappa shape index (κ1) is 21.8. The van der Waals surface area contributed by atoms with E-state index in [9.17, 15) is 5.26 Å². The number of rotatable bonds is 9. The van der Waals surface area contributed by atoms with Crippen LogP contribution in [0.1, 0.15) is 37.8 Å². The highest BCUT2D eigenvalue weighted by Crippen LogP contribution is 2.39. The maximum Gasteiger partial charge on any atom is 0.0846 e. The summed E-state index contributed by atoms with van der Waals surface area (Å²) < 4.78 is 0. The maximum absolute atomic E-state index is 10.0. The Kier molecular flexibility index (Phi) is 8.17. The van der Waals surface area contributed by atoms with Crippen molar-refractivity contribution >= 4 is 23.2 Å². The Balaban J connectivity index is 1.98. The first-order valence-corrected chi connectivity index (χ1v) is 10.2. The number of benzene rings is 2. The fourth-order valence-electron chi connectivity index (χ4n) is 3.49. The SMILES string of the molecule is CC(C)C(C#N)(CCCN(C)CCc1ccccc1)c1ccc(Cl)c(Cl)c1. The molecule has 2 nitrogen and oxygen atoms in total. The Labute approximate surface area is 173 Å². The molecule has 2 aromatic rings. The summed E-state index contributed by atoms with van der Waals surface area (Å²) in [4.78, 5) is 2.34. The van der Waals surface area contributed by atoms with Crippen LogP contribution in [-0.4, -0.2) is 25.0 Å². The van der Waals surface area contributed by atoms with Gasteiger partial charge >= 0.3 is 0 Å². The lowest BCUT2D eigenvalue weighted by Gasteiger charge is -2.32. The fraction of sp³-hybridized carbons (Fsp3) is 0.435. The molecule has 0 aromatic heterocycles. The number of likely N-dealkylation sites (N-methyl/N-ethyl adjacent to an activating group) is 1. The fourth-order valence-corrected chi connectivity index (χ4v) is 3.79. The summed E-state index contributed by atoms with van der Waals surface area (Å²) in [5.41, 5.74) is 1.77. The molecule has 0 heterocycles. The van der Waals surface area contributed by atoms with Crippen LogP contribution in [-0.2, 0) is 11.8 Å². The summed E-state index contributed by atoms with van der Waals surface area (Å²) in [6, 6.07) is 18.7. The zero-order valence-electron chi connectivity index (χ0n) is 16.4. The second-order valence-electron chi connectivity index (χ2n) is 7.51. The van der Waals surface area contributed by atoms with Gasteiger partial charge in [-0.1, -0.05) is 73.4 Å². The van der Waals surface area contributed by atoms with Gasteiger partial charge in [-0.3, -0.25) is 0 Å². The molecule has 0 saturated carbocycles. The van der Waals surface area contributed by atoms with E-state index in [0.717, 1.165) is 37.9 Å². The summed E-state index contributed by atoms with van der Waals surface area (Å²) in [6.45, 7) is 6.18. The van der Waals surface area contributed by atoms with Gasteiger partial charge in [0.25, 0.3) is 0 Å². The van der Waals surface area contributed by atoms with Crippen LogP contribution in [0.25, 0.3) is 0 Å². The minimum absolute atomic E-state index is 0.189. The normalized spacial score (nSPS) is 13.6. The van der Waals surface area contributed by atoms with Crippen LogP contribution >= 0.6 is 23.2 Å². The largest absolute Gasteiger partial charge is 0.306 e. The van der Waals surface area contributed by atoms with Gasteiger partial charge < -0.3 is 4.90 Å². The van der Waals surface area contributed by atoms with E-state index in [1.54, 1.807) is 6.07 Å². The van der Waals surface area contributed by atoms with Crippen molar-refractivity contribution in [3.05, 3.63) is 69.7 Å². The third kappa shape index (κ3) is 5.72. The molecule has 0 radical (unpaired) electrons. The number of halogens is 2. The molecule has 4 heteroatoms. The molecular formula is C23H28Cl2N2. The van der Waals surface area contributed by atoms with E-state index in [4.69, 9.17) is 23.2 Å². The molecule has 0 N–H and O–H groups in total. The van der Waals surface area contributed by atoms with Gasteiger partial charge in [-0.15, -0.1) is 0 Å². The molecule has 0 bridgehead atoms. The van der Waals surface area contributed by atoms with Crippen LogP contribution in [0, 0.1) is 17.2 Å². The number of hydrogen-bond acceptors (Lipinski definition) is 2. The zero-order valence-corrected chi connectivity index (χ0v) is 17.9. The van der Waals surface area contributed by atoms with Crippen molar-refractivity contribution < 1.29 is 0 Å². The summed E-state index contributed by atoms with van der Waals surface area (Å²) in [5.74, 6) is 0.189. The quantitative estimate of drug-likeness (QED) is 0.487. The monoisotopic (exact) mass is 402 g/mol. The maximum atomic E-state index is 10.0. The van der Waals surface area contributed by atoms with E-state index < -0.39 is 5.41 Å². The minimum atomic E-state index is -0.547. The van der Waals surface area contributed by atoms with Crippen molar-refractivity contribution in [2.75, 3.05) is 20.1 Å². The van der Waals surface area contributed by atoms with E-state index >= 15 is 0 Å². The lowest BCUT2D eigenvalue weighted by Crippen LogP contribution is -2.32. The molecule has 0 amide bonds. The van der Waals surface area contributed by atoms with Gasteiger partial charge in [0.05, 0.1) is 21.5 Å². The third-order valence-electron chi connectivity index (χ3n) is 5.36. The Morgan fingerprint density at radius 2 is 1.74 bits per heavy atom. The first-order chi connectivity index (χ1) is 12.9. The molecule has 1 unspecified atom stereocenters. The molecule has 0 fully saturated rings. The summed E-state index contributed by atoms with van der Waals surface area (Å²) >= 11 is 12.3. The topological polar surface area (TPSA) is 27.0 Å². The van der Waals surface area contributed by atoms with Crippen molar-refractivity contribution in [1.29, 1.82) is 5.26 Å². The highest BCUT2D eigenvalue weighted by atomic mass is 35.5. The van der Waals surface area contributed by atoms with Gasteiger partial charge in [0.1, 0.15) is 0 Å². The van der Waals surface area contributed by atoms with E-state index in [1.807, 2.05) is 18.2 Å². The lowest BCUT2D eigenvalue weighted by molar-refractivity contribution is 0.294. The van der Waals surface area contributed by atoms with Crippen LogP contribution in [0.2, 0.25) is 10.0 Å². The predicted octanol–water partition coefficient (Wildman–Crippen LogP) is 6.37. The smallest absolute Gasteiger partial charge is 0.0846 e.